The van der Waals surface area contributed by atoms with Gasteiger partial charge in [-0.3, -0.25) is 14.8 Å². The third-order valence-corrected chi connectivity index (χ3v) is 3.20. The van der Waals surface area contributed by atoms with Crippen LogP contribution in [0.5, 0.6) is 5.88 Å². The van der Waals surface area contributed by atoms with E-state index >= 15 is 0 Å². The van der Waals surface area contributed by atoms with E-state index in [1.54, 1.807) is 11.6 Å². The van der Waals surface area contributed by atoms with E-state index in [0.29, 0.717) is 18.9 Å². The molecule has 2 heterocycles. The molecular formula is C12H19N3O4. The van der Waals surface area contributed by atoms with Crippen molar-refractivity contribution in [1.29, 1.82) is 0 Å². The fraction of sp³-hybridized carbons (Fsp3) is 0.750. The van der Waals surface area contributed by atoms with Crippen molar-refractivity contribution >= 4 is 5.69 Å². The van der Waals surface area contributed by atoms with E-state index in [0.717, 1.165) is 25.9 Å². The molecule has 1 fully saturated rings. The number of hydrogen-bond donors (Lipinski definition) is 0. The molecule has 1 saturated heterocycles. The minimum absolute atomic E-state index is 0.0287. The van der Waals surface area contributed by atoms with E-state index in [2.05, 4.69) is 5.10 Å². The Bertz CT molecular complexity index is 452. The Morgan fingerprint density at radius 2 is 2.42 bits per heavy atom. The second kappa shape index (κ2) is 6.01. The van der Waals surface area contributed by atoms with Gasteiger partial charge < -0.3 is 9.47 Å². The zero-order valence-corrected chi connectivity index (χ0v) is 11.3. The van der Waals surface area contributed by atoms with Gasteiger partial charge in [-0.25, -0.2) is 0 Å². The number of rotatable bonds is 5. The Balaban J connectivity index is 2.30. The van der Waals surface area contributed by atoms with Crippen LogP contribution in [0.15, 0.2) is 0 Å². The van der Waals surface area contributed by atoms with Crippen LogP contribution in [-0.4, -0.2) is 34.5 Å². The summed E-state index contributed by atoms with van der Waals surface area (Å²) >= 11 is 0. The lowest BCUT2D eigenvalue weighted by atomic mass is 10.1. The molecule has 1 aliphatic rings. The minimum Gasteiger partial charge on any atom is -0.472 e. The molecule has 0 N–H and O–H groups in total. The van der Waals surface area contributed by atoms with Crippen LogP contribution < -0.4 is 4.74 Å². The maximum absolute atomic E-state index is 11.1. The van der Waals surface area contributed by atoms with Crippen molar-refractivity contribution in [3.05, 3.63) is 15.8 Å². The Morgan fingerprint density at radius 1 is 1.63 bits per heavy atom. The molecule has 1 aromatic rings. The Morgan fingerprint density at radius 3 is 3.00 bits per heavy atom. The van der Waals surface area contributed by atoms with Crippen molar-refractivity contribution in [2.24, 2.45) is 0 Å². The standard InChI is InChI=1S/C12H19N3O4/c1-3-6-19-12-11(15(16)17)9(2)14(13-12)10-5-4-7-18-8-10/h10H,3-8H2,1-2H3. The first kappa shape index (κ1) is 13.8. The zero-order chi connectivity index (χ0) is 13.8. The molecule has 1 aromatic heterocycles. The van der Waals surface area contributed by atoms with Gasteiger partial charge in [0.2, 0.25) is 0 Å². The van der Waals surface area contributed by atoms with Crippen molar-refractivity contribution in [3.8, 4) is 5.88 Å². The first-order chi connectivity index (χ1) is 9.15. The molecule has 0 aromatic carbocycles. The van der Waals surface area contributed by atoms with Crippen LogP contribution in [0.3, 0.4) is 0 Å². The van der Waals surface area contributed by atoms with Crippen LogP contribution in [0.25, 0.3) is 0 Å². The van der Waals surface area contributed by atoms with Crippen molar-refractivity contribution < 1.29 is 14.4 Å². The number of nitro groups is 1. The summed E-state index contributed by atoms with van der Waals surface area (Å²) < 4.78 is 12.5. The molecule has 7 nitrogen and oxygen atoms in total. The normalized spacial score (nSPS) is 19.4. The summed E-state index contributed by atoms with van der Waals surface area (Å²) in [5, 5.41) is 15.4. The van der Waals surface area contributed by atoms with Gasteiger partial charge in [0, 0.05) is 6.61 Å². The van der Waals surface area contributed by atoms with Gasteiger partial charge in [0.1, 0.15) is 5.69 Å². The lowest BCUT2D eigenvalue weighted by molar-refractivity contribution is -0.386. The van der Waals surface area contributed by atoms with Crippen molar-refractivity contribution in [2.75, 3.05) is 19.8 Å². The molecule has 0 amide bonds. The highest BCUT2D eigenvalue weighted by molar-refractivity contribution is 5.45. The van der Waals surface area contributed by atoms with Crippen LogP contribution in [0.1, 0.15) is 37.9 Å². The molecule has 7 heteroatoms. The fourth-order valence-electron chi connectivity index (χ4n) is 2.26. The molecule has 19 heavy (non-hydrogen) atoms. The summed E-state index contributed by atoms with van der Waals surface area (Å²) in [6.45, 7) is 5.38. The predicted octanol–water partition coefficient (Wildman–Crippen LogP) is 2.24. The quantitative estimate of drug-likeness (QED) is 0.605. The summed E-state index contributed by atoms with van der Waals surface area (Å²) in [6, 6.07) is 0.0615. The van der Waals surface area contributed by atoms with E-state index in [9.17, 15) is 10.1 Å². The summed E-state index contributed by atoms with van der Waals surface area (Å²) in [7, 11) is 0. The molecule has 0 spiro atoms. The summed E-state index contributed by atoms with van der Waals surface area (Å²) in [5.41, 5.74) is 0.505. The van der Waals surface area contributed by atoms with Crippen LogP contribution in [0, 0.1) is 17.0 Å². The second-order valence-corrected chi connectivity index (χ2v) is 4.66. The number of aromatic nitrogens is 2. The molecule has 1 atom stereocenters. The first-order valence-electron chi connectivity index (χ1n) is 6.59. The van der Waals surface area contributed by atoms with Gasteiger partial charge in [0.05, 0.1) is 24.2 Å². The van der Waals surface area contributed by atoms with Gasteiger partial charge in [-0.05, 0) is 26.2 Å². The topological polar surface area (TPSA) is 79.4 Å². The maximum Gasteiger partial charge on any atom is 0.352 e. The van der Waals surface area contributed by atoms with Crippen LogP contribution >= 0.6 is 0 Å². The smallest absolute Gasteiger partial charge is 0.352 e. The minimum atomic E-state index is -0.423. The highest BCUT2D eigenvalue weighted by Crippen LogP contribution is 2.33. The lowest BCUT2D eigenvalue weighted by Crippen LogP contribution is -2.23. The first-order valence-corrected chi connectivity index (χ1v) is 6.59. The largest absolute Gasteiger partial charge is 0.472 e. The van der Waals surface area contributed by atoms with Crippen molar-refractivity contribution in [3.63, 3.8) is 0 Å². The highest BCUT2D eigenvalue weighted by atomic mass is 16.6. The van der Waals surface area contributed by atoms with Gasteiger partial charge in [-0.2, -0.15) is 0 Å². The van der Waals surface area contributed by atoms with Crippen LogP contribution in [0.2, 0.25) is 0 Å². The average Bonchev–Trinajstić information content (AvgIpc) is 2.74. The van der Waals surface area contributed by atoms with E-state index in [1.807, 2.05) is 6.92 Å². The molecule has 1 aliphatic heterocycles. The predicted molar refractivity (Wildman–Crippen MR) is 68.5 cm³/mol. The number of nitrogens with zero attached hydrogens (tertiary/aromatic N) is 3. The molecule has 106 valence electrons. The van der Waals surface area contributed by atoms with Gasteiger partial charge in [0.15, 0.2) is 0 Å². The van der Waals surface area contributed by atoms with Gasteiger partial charge in [-0.1, -0.05) is 6.92 Å². The summed E-state index contributed by atoms with van der Waals surface area (Å²) in [6.07, 6.45) is 2.66. The second-order valence-electron chi connectivity index (χ2n) is 4.66. The van der Waals surface area contributed by atoms with Gasteiger partial charge in [-0.15, -0.1) is 5.10 Å². The molecule has 0 radical (unpaired) electrons. The van der Waals surface area contributed by atoms with E-state index < -0.39 is 4.92 Å². The molecule has 1 unspecified atom stereocenters. The molecule has 0 aliphatic carbocycles. The monoisotopic (exact) mass is 269 g/mol. The Kier molecular flexibility index (Phi) is 4.36. The third-order valence-electron chi connectivity index (χ3n) is 3.20. The molecular weight excluding hydrogens is 250 g/mol. The summed E-state index contributed by atoms with van der Waals surface area (Å²) in [4.78, 5) is 10.7. The number of hydrogen-bond acceptors (Lipinski definition) is 5. The molecule has 2 rings (SSSR count). The average molecular weight is 269 g/mol. The molecule has 0 saturated carbocycles. The van der Waals surface area contributed by atoms with Crippen molar-refractivity contribution in [2.45, 2.75) is 39.2 Å². The Hall–Kier alpha value is -1.63. The van der Waals surface area contributed by atoms with E-state index in [-0.39, 0.29) is 17.6 Å². The fourth-order valence-corrected chi connectivity index (χ4v) is 2.26. The molecule has 0 bridgehead atoms. The number of ether oxygens (including phenoxy) is 2. The van der Waals surface area contributed by atoms with Gasteiger partial charge in [0.25, 0.3) is 0 Å². The maximum atomic E-state index is 11.1. The Labute approximate surface area is 111 Å². The van der Waals surface area contributed by atoms with Crippen molar-refractivity contribution in [1.82, 2.24) is 9.78 Å². The van der Waals surface area contributed by atoms with E-state index in [1.165, 1.54) is 0 Å². The highest BCUT2D eigenvalue weighted by Gasteiger charge is 2.30. The lowest BCUT2D eigenvalue weighted by Gasteiger charge is -2.22. The van der Waals surface area contributed by atoms with Crippen LogP contribution in [0.4, 0.5) is 5.69 Å². The zero-order valence-electron chi connectivity index (χ0n) is 11.3. The van der Waals surface area contributed by atoms with E-state index in [4.69, 9.17) is 9.47 Å². The third kappa shape index (κ3) is 2.86. The van der Waals surface area contributed by atoms with Crippen LogP contribution in [-0.2, 0) is 4.74 Å². The SMILES string of the molecule is CCCOc1nn(C2CCCOC2)c(C)c1[N+](=O)[O-]. The van der Waals surface area contributed by atoms with Gasteiger partial charge >= 0.3 is 11.6 Å². The summed E-state index contributed by atoms with van der Waals surface area (Å²) in [5.74, 6) is 0.120.